The molecule has 3 rings (SSSR count). The van der Waals surface area contributed by atoms with E-state index in [0.29, 0.717) is 15.6 Å². The van der Waals surface area contributed by atoms with Gasteiger partial charge < -0.3 is 9.80 Å². The number of sulfonamides is 1. The Morgan fingerprint density at radius 2 is 1.81 bits per heavy atom. The van der Waals surface area contributed by atoms with E-state index in [1.807, 2.05) is 7.05 Å². The summed E-state index contributed by atoms with van der Waals surface area (Å²) in [5, 5.41) is 0. The molecule has 1 amide bonds. The lowest BCUT2D eigenvalue weighted by Crippen LogP contribution is -2.44. The molecule has 9 heteroatoms. The molecule has 146 valence electrons. The highest BCUT2D eigenvalue weighted by Crippen LogP contribution is 2.27. The van der Waals surface area contributed by atoms with Gasteiger partial charge in [-0.15, -0.1) is 11.3 Å². The first kappa shape index (κ1) is 20.1. The van der Waals surface area contributed by atoms with Gasteiger partial charge in [-0.1, -0.05) is 11.6 Å². The van der Waals surface area contributed by atoms with Crippen LogP contribution < -0.4 is 4.72 Å². The highest BCUT2D eigenvalue weighted by molar-refractivity contribution is 7.94. The number of carbonyl (C=O) groups is 1. The third-order valence-corrected chi connectivity index (χ3v) is 7.86. The summed E-state index contributed by atoms with van der Waals surface area (Å²) >= 11 is 6.80. The Bertz CT molecular complexity index is 904. The maximum atomic E-state index is 12.7. The molecule has 0 bridgehead atoms. The van der Waals surface area contributed by atoms with Crippen LogP contribution in [0.1, 0.15) is 23.2 Å². The number of thiophene rings is 1. The van der Waals surface area contributed by atoms with Crippen LogP contribution in [-0.2, 0) is 10.0 Å². The van der Waals surface area contributed by atoms with Crippen molar-refractivity contribution in [2.45, 2.75) is 23.1 Å². The van der Waals surface area contributed by atoms with E-state index in [1.165, 1.54) is 6.07 Å². The molecule has 1 aliphatic rings. The predicted molar refractivity (Wildman–Crippen MR) is 109 cm³/mol. The van der Waals surface area contributed by atoms with Gasteiger partial charge in [0, 0.05) is 24.3 Å². The van der Waals surface area contributed by atoms with E-state index in [1.54, 1.807) is 35.2 Å². The van der Waals surface area contributed by atoms with Crippen LogP contribution in [0.2, 0.25) is 4.34 Å². The number of benzene rings is 1. The van der Waals surface area contributed by atoms with Gasteiger partial charge in [-0.25, -0.2) is 8.42 Å². The number of halogens is 1. The normalized spacial score (nSPS) is 16.3. The van der Waals surface area contributed by atoms with Crippen LogP contribution in [0.25, 0.3) is 0 Å². The number of amides is 1. The van der Waals surface area contributed by atoms with Crippen LogP contribution in [0.4, 0.5) is 5.69 Å². The molecular weight excluding hydrogens is 406 g/mol. The zero-order valence-electron chi connectivity index (χ0n) is 15.2. The Balaban J connectivity index is 1.67. The van der Waals surface area contributed by atoms with E-state index in [2.05, 4.69) is 16.7 Å². The standard InChI is InChI=1S/C18H22ClN3O3S2/c1-21-11-9-15(10-12-21)22(2)18(23)13-3-5-14(6-4-13)20-27(24,25)17-8-7-16(19)26-17/h3-8,15,20H,9-12H2,1-2H3. The quantitative estimate of drug-likeness (QED) is 0.794. The number of hydrogen-bond donors (Lipinski definition) is 1. The van der Waals surface area contributed by atoms with Gasteiger partial charge in [0.2, 0.25) is 0 Å². The van der Waals surface area contributed by atoms with Gasteiger partial charge in [0.15, 0.2) is 0 Å². The molecule has 0 unspecified atom stereocenters. The average Bonchev–Trinajstić information content (AvgIpc) is 3.09. The molecule has 1 aliphatic heterocycles. The van der Waals surface area contributed by atoms with Crippen LogP contribution >= 0.6 is 22.9 Å². The first-order chi connectivity index (χ1) is 12.8. The molecule has 0 radical (unpaired) electrons. The smallest absolute Gasteiger partial charge is 0.271 e. The Morgan fingerprint density at radius 3 is 2.37 bits per heavy atom. The molecule has 1 aromatic carbocycles. The number of rotatable bonds is 5. The fourth-order valence-electron chi connectivity index (χ4n) is 3.08. The second-order valence-corrected chi connectivity index (χ2v) is 10.3. The summed E-state index contributed by atoms with van der Waals surface area (Å²) in [7, 11) is 0.234. The molecule has 27 heavy (non-hydrogen) atoms. The number of hydrogen-bond acceptors (Lipinski definition) is 5. The molecule has 1 fully saturated rings. The Labute approximate surface area is 168 Å². The fraction of sp³-hybridized carbons (Fsp3) is 0.389. The average molecular weight is 428 g/mol. The van der Waals surface area contributed by atoms with Crippen molar-refractivity contribution in [2.75, 3.05) is 31.9 Å². The summed E-state index contributed by atoms with van der Waals surface area (Å²) in [6.45, 7) is 1.96. The van der Waals surface area contributed by atoms with Crippen molar-refractivity contribution in [3.05, 3.63) is 46.3 Å². The molecule has 0 spiro atoms. The second-order valence-electron chi connectivity index (χ2n) is 6.69. The van der Waals surface area contributed by atoms with Gasteiger partial charge in [0.25, 0.3) is 15.9 Å². The second kappa shape index (κ2) is 8.18. The molecule has 1 aromatic heterocycles. The van der Waals surface area contributed by atoms with E-state index in [0.717, 1.165) is 37.3 Å². The maximum absolute atomic E-state index is 12.7. The van der Waals surface area contributed by atoms with E-state index >= 15 is 0 Å². The molecule has 6 nitrogen and oxygen atoms in total. The molecule has 0 atom stereocenters. The van der Waals surface area contributed by atoms with Crippen molar-refractivity contribution in [1.82, 2.24) is 9.80 Å². The highest BCUT2D eigenvalue weighted by atomic mass is 35.5. The third kappa shape index (κ3) is 4.82. The Morgan fingerprint density at radius 1 is 1.19 bits per heavy atom. The number of nitrogens with zero attached hydrogens (tertiary/aromatic N) is 2. The minimum atomic E-state index is -3.68. The largest absolute Gasteiger partial charge is 0.339 e. The van der Waals surface area contributed by atoms with Crippen molar-refractivity contribution in [3.63, 3.8) is 0 Å². The van der Waals surface area contributed by atoms with Crippen molar-refractivity contribution >= 4 is 44.6 Å². The highest BCUT2D eigenvalue weighted by Gasteiger charge is 2.25. The van der Waals surface area contributed by atoms with Crippen LogP contribution in [-0.4, -0.2) is 57.4 Å². The Kier molecular flexibility index (Phi) is 6.10. The van der Waals surface area contributed by atoms with E-state index in [-0.39, 0.29) is 16.2 Å². The first-order valence-corrected chi connectivity index (χ1v) is 11.3. The zero-order valence-corrected chi connectivity index (χ0v) is 17.6. The summed E-state index contributed by atoms with van der Waals surface area (Å²) in [5.74, 6) is -0.0519. The number of anilines is 1. The SMILES string of the molecule is CN1CCC(N(C)C(=O)c2ccc(NS(=O)(=O)c3ccc(Cl)s3)cc2)CC1. The fourth-order valence-corrected chi connectivity index (χ4v) is 5.62. The van der Waals surface area contributed by atoms with Gasteiger partial charge in [0.05, 0.1) is 4.34 Å². The van der Waals surface area contributed by atoms with Gasteiger partial charge >= 0.3 is 0 Å². The van der Waals surface area contributed by atoms with E-state index < -0.39 is 10.0 Å². The summed E-state index contributed by atoms with van der Waals surface area (Å²) in [5.41, 5.74) is 0.941. The van der Waals surface area contributed by atoms with Crippen LogP contribution in [0.5, 0.6) is 0 Å². The number of likely N-dealkylation sites (tertiary alicyclic amines) is 1. The first-order valence-electron chi connectivity index (χ1n) is 8.60. The monoisotopic (exact) mass is 427 g/mol. The third-order valence-electron chi connectivity index (χ3n) is 4.75. The molecule has 2 heterocycles. The molecule has 1 N–H and O–H groups in total. The van der Waals surface area contributed by atoms with Crippen molar-refractivity contribution < 1.29 is 13.2 Å². The van der Waals surface area contributed by atoms with E-state index in [4.69, 9.17) is 11.6 Å². The lowest BCUT2D eigenvalue weighted by atomic mass is 10.0. The van der Waals surface area contributed by atoms with Gasteiger partial charge in [-0.3, -0.25) is 9.52 Å². The number of nitrogens with one attached hydrogen (secondary N) is 1. The lowest BCUT2D eigenvalue weighted by Gasteiger charge is -2.35. The zero-order chi connectivity index (χ0) is 19.6. The molecular formula is C18H22ClN3O3S2. The maximum Gasteiger partial charge on any atom is 0.271 e. The molecule has 0 aliphatic carbocycles. The molecule has 1 saturated heterocycles. The number of piperidine rings is 1. The van der Waals surface area contributed by atoms with Gasteiger partial charge in [-0.05, 0) is 69.4 Å². The van der Waals surface area contributed by atoms with Crippen LogP contribution in [0.3, 0.4) is 0 Å². The predicted octanol–water partition coefficient (Wildman–Crippen LogP) is 3.37. The van der Waals surface area contributed by atoms with Crippen molar-refractivity contribution in [1.29, 1.82) is 0 Å². The van der Waals surface area contributed by atoms with Crippen molar-refractivity contribution in [3.8, 4) is 0 Å². The van der Waals surface area contributed by atoms with Crippen LogP contribution in [0.15, 0.2) is 40.6 Å². The van der Waals surface area contributed by atoms with E-state index in [9.17, 15) is 13.2 Å². The summed E-state index contributed by atoms with van der Waals surface area (Å²) in [4.78, 5) is 16.8. The molecule has 2 aromatic rings. The van der Waals surface area contributed by atoms with Crippen LogP contribution in [0, 0.1) is 0 Å². The van der Waals surface area contributed by atoms with Gasteiger partial charge in [0.1, 0.15) is 4.21 Å². The minimum Gasteiger partial charge on any atom is -0.339 e. The lowest BCUT2D eigenvalue weighted by molar-refractivity contribution is 0.0659. The number of carbonyl (C=O) groups excluding carboxylic acids is 1. The van der Waals surface area contributed by atoms with Gasteiger partial charge in [-0.2, -0.15) is 0 Å². The summed E-state index contributed by atoms with van der Waals surface area (Å²) < 4.78 is 27.7. The van der Waals surface area contributed by atoms with Crippen molar-refractivity contribution in [2.24, 2.45) is 0 Å². The summed E-state index contributed by atoms with van der Waals surface area (Å²) in [6, 6.07) is 9.73. The summed E-state index contributed by atoms with van der Waals surface area (Å²) in [6.07, 6.45) is 1.92. The molecule has 0 saturated carbocycles. The Hall–Kier alpha value is -1.61. The topological polar surface area (TPSA) is 69.7 Å². The minimum absolute atomic E-state index is 0.0519.